The van der Waals surface area contributed by atoms with Gasteiger partial charge in [-0.1, -0.05) is 6.08 Å². The summed E-state index contributed by atoms with van der Waals surface area (Å²) in [7, 11) is 0. The monoisotopic (exact) mass is 196 g/mol. The van der Waals surface area contributed by atoms with Crippen molar-refractivity contribution in [2.45, 2.75) is 33.6 Å². The predicted octanol–water partition coefficient (Wildman–Crippen LogP) is 2.07. The Hall–Kier alpha value is -1.12. The molecule has 0 unspecified atom stereocenters. The Balaban J connectivity index is 2.36. The van der Waals surface area contributed by atoms with Crippen LogP contribution in [-0.4, -0.2) is 11.9 Å². The van der Waals surface area contributed by atoms with E-state index in [1.807, 2.05) is 0 Å². The average molecular weight is 196 g/mol. The maximum atomic E-state index is 11.3. The van der Waals surface area contributed by atoms with Crippen LogP contribution in [0.25, 0.3) is 0 Å². The molecule has 0 N–H and O–H groups in total. The maximum Gasteiger partial charge on any atom is 0.338 e. The lowest BCUT2D eigenvalue weighted by atomic mass is 9.97. The van der Waals surface area contributed by atoms with E-state index in [2.05, 4.69) is 4.74 Å². The molecule has 0 spiro atoms. The van der Waals surface area contributed by atoms with Crippen molar-refractivity contribution in [3.8, 4) is 0 Å². The zero-order valence-corrected chi connectivity index (χ0v) is 8.87. The van der Waals surface area contributed by atoms with E-state index in [9.17, 15) is 9.59 Å². The highest BCUT2D eigenvalue weighted by atomic mass is 16.6. The molecule has 0 heterocycles. The number of esters is 2. The first-order chi connectivity index (χ1) is 6.39. The molecule has 1 aliphatic rings. The van der Waals surface area contributed by atoms with E-state index in [-0.39, 0.29) is 0 Å². The van der Waals surface area contributed by atoms with Crippen LogP contribution >= 0.6 is 0 Å². The Labute approximate surface area is 84.1 Å². The molecule has 0 aromatic heterocycles. The largest absolute Gasteiger partial charge is 0.389 e. The van der Waals surface area contributed by atoms with Gasteiger partial charge in [0, 0.05) is 6.08 Å². The summed E-state index contributed by atoms with van der Waals surface area (Å²) >= 11 is 0. The van der Waals surface area contributed by atoms with Gasteiger partial charge < -0.3 is 4.74 Å². The summed E-state index contributed by atoms with van der Waals surface area (Å²) in [5.41, 5.74) is -0.622. The van der Waals surface area contributed by atoms with Crippen molar-refractivity contribution in [3.05, 3.63) is 12.2 Å². The molecule has 14 heavy (non-hydrogen) atoms. The lowest BCUT2D eigenvalue weighted by Gasteiger charge is -2.14. The summed E-state index contributed by atoms with van der Waals surface area (Å²) in [6.45, 7) is 5.15. The van der Waals surface area contributed by atoms with Crippen molar-refractivity contribution in [2.24, 2.45) is 11.3 Å². The highest BCUT2D eigenvalue weighted by Gasteiger charge is 2.25. The van der Waals surface area contributed by atoms with E-state index < -0.39 is 17.4 Å². The van der Waals surface area contributed by atoms with E-state index in [0.717, 1.165) is 12.8 Å². The van der Waals surface area contributed by atoms with Gasteiger partial charge in [0.2, 0.25) is 0 Å². The summed E-state index contributed by atoms with van der Waals surface area (Å²) in [5.74, 6) is -0.521. The lowest BCUT2D eigenvalue weighted by molar-refractivity contribution is -0.162. The minimum absolute atomic E-state index is 0.483. The Morgan fingerprint density at radius 3 is 2.29 bits per heavy atom. The SMILES string of the molecule is CC(C)(C)C(=O)OC(=O)/C=C/C1CC1. The summed E-state index contributed by atoms with van der Waals surface area (Å²) < 4.78 is 4.63. The first kappa shape index (κ1) is 11.0. The normalized spacial score (nSPS) is 17.1. The zero-order valence-electron chi connectivity index (χ0n) is 8.87. The Kier molecular flexibility index (Phi) is 3.09. The third-order valence-corrected chi connectivity index (χ3v) is 1.93. The highest BCUT2D eigenvalue weighted by molar-refractivity contribution is 5.93. The molecule has 1 fully saturated rings. The number of hydrogen-bond acceptors (Lipinski definition) is 3. The van der Waals surface area contributed by atoms with Crippen LogP contribution in [0.3, 0.4) is 0 Å². The number of carbonyl (C=O) groups is 2. The molecule has 3 heteroatoms. The third-order valence-electron chi connectivity index (χ3n) is 1.93. The predicted molar refractivity (Wildman–Crippen MR) is 52.4 cm³/mol. The van der Waals surface area contributed by atoms with Gasteiger partial charge in [-0.15, -0.1) is 0 Å². The molecule has 0 saturated heterocycles. The van der Waals surface area contributed by atoms with Gasteiger partial charge in [-0.3, -0.25) is 4.79 Å². The number of ether oxygens (including phenoxy) is 1. The van der Waals surface area contributed by atoms with Crippen LogP contribution in [0.4, 0.5) is 0 Å². The second-order valence-electron chi connectivity index (χ2n) is 4.66. The fourth-order valence-corrected chi connectivity index (χ4v) is 0.782. The molecule has 0 aromatic rings. The first-order valence-corrected chi connectivity index (χ1v) is 4.84. The molecule has 1 aliphatic carbocycles. The molecule has 0 atom stereocenters. The standard InChI is InChI=1S/C11H16O3/c1-11(2,3)10(13)14-9(12)7-6-8-4-5-8/h6-8H,4-5H2,1-3H3/b7-6+. The van der Waals surface area contributed by atoms with E-state index in [1.54, 1.807) is 26.8 Å². The molecular weight excluding hydrogens is 180 g/mol. The van der Waals surface area contributed by atoms with Crippen LogP contribution in [0.5, 0.6) is 0 Å². The number of rotatable bonds is 2. The molecule has 78 valence electrons. The van der Waals surface area contributed by atoms with Crippen molar-refractivity contribution in [2.75, 3.05) is 0 Å². The molecule has 0 aliphatic heterocycles. The molecule has 0 radical (unpaired) electrons. The quantitative estimate of drug-likeness (QED) is 0.386. The number of allylic oxidation sites excluding steroid dienone is 1. The van der Waals surface area contributed by atoms with Crippen LogP contribution in [0.1, 0.15) is 33.6 Å². The minimum atomic E-state index is -0.622. The summed E-state index contributed by atoms with van der Waals surface area (Å²) in [5, 5.41) is 0. The Bertz CT molecular complexity index is 267. The van der Waals surface area contributed by atoms with Crippen LogP contribution in [0.15, 0.2) is 12.2 Å². The van der Waals surface area contributed by atoms with Crippen molar-refractivity contribution in [3.63, 3.8) is 0 Å². The Morgan fingerprint density at radius 1 is 1.29 bits per heavy atom. The summed E-state index contributed by atoms with van der Waals surface area (Å²) in [6, 6.07) is 0. The van der Waals surface area contributed by atoms with Gasteiger partial charge in [0.05, 0.1) is 5.41 Å². The van der Waals surface area contributed by atoms with Crippen LogP contribution in [-0.2, 0) is 14.3 Å². The first-order valence-electron chi connectivity index (χ1n) is 4.84. The zero-order chi connectivity index (χ0) is 10.8. The van der Waals surface area contributed by atoms with Crippen molar-refractivity contribution in [1.82, 2.24) is 0 Å². The summed E-state index contributed by atoms with van der Waals surface area (Å²) in [4.78, 5) is 22.4. The number of carbonyl (C=O) groups excluding carboxylic acids is 2. The van der Waals surface area contributed by atoms with Gasteiger partial charge in [0.15, 0.2) is 0 Å². The highest BCUT2D eigenvalue weighted by Crippen LogP contribution is 2.30. The average Bonchev–Trinajstić information content (AvgIpc) is 2.81. The van der Waals surface area contributed by atoms with Crippen molar-refractivity contribution in [1.29, 1.82) is 0 Å². The van der Waals surface area contributed by atoms with Crippen LogP contribution in [0, 0.1) is 11.3 Å². The minimum Gasteiger partial charge on any atom is -0.389 e. The van der Waals surface area contributed by atoms with Gasteiger partial charge in [0.1, 0.15) is 0 Å². The van der Waals surface area contributed by atoms with Gasteiger partial charge in [-0.05, 0) is 39.5 Å². The molecule has 1 rings (SSSR count). The fourth-order valence-electron chi connectivity index (χ4n) is 0.782. The van der Waals surface area contributed by atoms with E-state index in [4.69, 9.17) is 0 Å². The van der Waals surface area contributed by atoms with E-state index in [0.29, 0.717) is 5.92 Å². The van der Waals surface area contributed by atoms with Gasteiger partial charge in [0.25, 0.3) is 0 Å². The molecular formula is C11H16O3. The van der Waals surface area contributed by atoms with Crippen LogP contribution in [0.2, 0.25) is 0 Å². The topological polar surface area (TPSA) is 43.4 Å². The Morgan fingerprint density at radius 2 is 1.86 bits per heavy atom. The van der Waals surface area contributed by atoms with Crippen molar-refractivity contribution < 1.29 is 14.3 Å². The van der Waals surface area contributed by atoms with Crippen LogP contribution < -0.4 is 0 Å². The van der Waals surface area contributed by atoms with Gasteiger partial charge >= 0.3 is 11.9 Å². The number of hydrogen-bond donors (Lipinski definition) is 0. The van der Waals surface area contributed by atoms with E-state index >= 15 is 0 Å². The molecule has 3 nitrogen and oxygen atoms in total. The second kappa shape index (κ2) is 3.95. The molecule has 0 amide bonds. The maximum absolute atomic E-state index is 11.3. The second-order valence-corrected chi connectivity index (χ2v) is 4.66. The van der Waals surface area contributed by atoms with Gasteiger partial charge in [-0.2, -0.15) is 0 Å². The van der Waals surface area contributed by atoms with Gasteiger partial charge in [-0.25, -0.2) is 4.79 Å². The smallest absolute Gasteiger partial charge is 0.338 e. The molecule has 1 saturated carbocycles. The van der Waals surface area contributed by atoms with Crippen molar-refractivity contribution >= 4 is 11.9 Å². The fraction of sp³-hybridized carbons (Fsp3) is 0.636. The third kappa shape index (κ3) is 3.73. The molecule has 0 aromatic carbocycles. The van der Waals surface area contributed by atoms with E-state index in [1.165, 1.54) is 6.08 Å². The lowest BCUT2D eigenvalue weighted by Crippen LogP contribution is -2.25. The molecule has 0 bridgehead atoms. The summed E-state index contributed by atoms with van der Waals surface area (Å²) in [6.07, 6.45) is 5.42.